The average molecular weight is 373 g/mol. The summed E-state index contributed by atoms with van der Waals surface area (Å²) < 4.78 is 14.0. The summed E-state index contributed by atoms with van der Waals surface area (Å²) in [5, 5.41) is 11.4. The smallest absolute Gasteiger partial charge is 0.323 e. The SMILES string of the molecule is C/C(N)=N/C(=S)NC(=O)N1CCC/C(=C/c2ccc(C#N)cc2F)CC1. The minimum absolute atomic E-state index is 0.0367. The van der Waals surface area contributed by atoms with Crippen molar-refractivity contribution in [2.75, 3.05) is 13.1 Å². The maximum Gasteiger partial charge on any atom is 0.323 e. The van der Waals surface area contributed by atoms with E-state index in [0.717, 1.165) is 18.4 Å². The van der Waals surface area contributed by atoms with Crippen LogP contribution < -0.4 is 11.1 Å². The fourth-order valence-electron chi connectivity index (χ4n) is 2.65. The first-order valence-electron chi connectivity index (χ1n) is 8.19. The van der Waals surface area contributed by atoms with E-state index >= 15 is 0 Å². The van der Waals surface area contributed by atoms with Crippen molar-refractivity contribution in [2.24, 2.45) is 10.7 Å². The largest absolute Gasteiger partial charge is 0.387 e. The number of hydrogen-bond acceptors (Lipinski definition) is 3. The van der Waals surface area contributed by atoms with Crippen LogP contribution in [0.2, 0.25) is 0 Å². The number of likely N-dealkylation sites (tertiary alicyclic amines) is 1. The zero-order chi connectivity index (χ0) is 19.1. The van der Waals surface area contributed by atoms with Crippen molar-refractivity contribution in [2.45, 2.75) is 26.2 Å². The number of nitrogens with one attached hydrogen (secondary N) is 1. The first-order chi connectivity index (χ1) is 12.4. The van der Waals surface area contributed by atoms with E-state index in [1.807, 2.05) is 6.07 Å². The predicted molar refractivity (Wildman–Crippen MR) is 103 cm³/mol. The molecule has 0 saturated carbocycles. The number of carbonyl (C=O) groups excluding carboxylic acids is 1. The van der Waals surface area contributed by atoms with Gasteiger partial charge >= 0.3 is 6.03 Å². The molecule has 1 aliphatic heterocycles. The molecule has 0 atom stereocenters. The molecule has 0 bridgehead atoms. The molecule has 136 valence electrons. The van der Waals surface area contributed by atoms with Gasteiger partial charge in [-0.05, 0) is 50.5 Å². The third-order valence-electron chi connectivity index (χ3n) is 3.90. The Labute approximate surface area is 157 Å². The van der Waals surface area contributed by atoms with Crippen LogP contribution in [0.25, 0.3) is 6.08 Å². The van der Waals surface area contributed by atoms with Gasteiger partial charge in [0.05, 0.1) is 17.5 Å². The number of amides is 2. The third kappa shape index (κ3) is 5.63. The van der Waals surface area contributed by atoms with Crippen LogP contribution in [0, 0.1) is 17.1 Å². The standard InChI is InChI=1S/C18H20FN5OS/c1-12(21)22-17(26)23-18(25)24-7-2-3-13(6-8-24)9-15-5-4-14(11-20)10-16(15)19/h4-5,9-10H,2-3,6-8H2,1H3,(H3,21,22,23,25,26)/b13-9-. The zero-order valence-corrected chi connectivity index (χ0v) is 15.3. The number of urea groups is 1. The van der Waals surface area contributed by atoms with Gasteiger partial charge in [0.15, 0.2) is 0 Å². The van der Waals surface area contributed by atoms with Gasteiger partial charge in [0.1, 0.15) is 5.82 Å². The fraction of sp³-hybridized carbons (Fsp3) is 0.333. The van der Waals surface area contributed by atoms with E-state index in [2.05, 4.69) is 10.3 Å². The molecule has 1 saturated heterocycles. The summed E-state index contributed by atoms with van der Waals surface area (Å²) in [6.45, 7) is 2.67. The predicted octanol–water partition coefficient (Wildman–Crippen LogP) is 2.94. The number of amidine groups is 1. The maximum absolute atomic E-state index is 14.0. The molecular weight excluding hydrogens is 353 g/mol. The molecule has 2 rings (SSSR count). The summed E-state index contributed by atoms with van der Waals surface area (Å²) in [5.41, 5.74) is 7.24. The fourth-order valence-corrected chi connectivity index (χ4v) is 2.88. The highest BCUT2D eigenvalue weighted by Crippen LogP contribution is 2.21. The third-order valence-corrected chi connectivity index (χ3v) is 4.09. The van der Waals surface area contributed by atoms with Gasteiger partial charge in [-0.2, -0.15) is 5.26 Å². The molecular formula is C18H20FN5OS. The van der Waals surface area contributed by atoms with Crippen LogP contribution in [-0.2, 0) is 0 Å². The van der Waals surface area contributed by atoms with E-state index in [-0.39, 0.29) is 17.0 Å². The Hall–Kier alpha value is -2.79. The quantitative estimate of drug-likeness (QED) is 0.449. The number of hydrogen-bond donors (Lipinski definition) is 2. The molecule has 8 heteroatoms. The summed E-state index contributed by atoms with van der Waals surface area (Å²) in [7, 11) is 0. The van der Waals surface area contributed by atoms with E-state index in [0.29, 0.717) is 30.6 Å². The Bertz CT molecular complexity index is 808. The van der Waals surface area contributed by atoms with Crippen molar-refractivity contribution in [3.63, 3.8) is 0 Å². The van der Waals surface area contributed by atoms with Crippen LogP contribution >= 0.6 is 12.2 Å². The van der Waals surface area contributed by atoms with E-state index in [9.17, 15) is 9.18 Å². The lowest BCUT2D eigenvalue weighted by Gasteiger charge is -2.20. The Morgan fingerprint density at radius 1 is 1.46 bits per heavy atom. The number of nitrogens with two attached hydrogens (primary N) is 1. The number of rotatable bonds is 1. The number of nitrogens with zero attached hydrogens (tertiary/aromatic N) is 3. The number of aliphatic imine (C=N–C) groups is 1. The molecule has 0 aromatic heterocycles. The second-order valence-corrected chi connectivity index (χ2v) is 6.37. The average Bonchev–Trinajstić information content (AvgIpc) is 2.81. The molecule has 3 N–H and O–H groups in total. The molecule has 0 radical (unpaired) electrons. The number of benzene rings is 1. The molecule has 0 unspecified atom stereocenters. The summed E-state index contributed by atoms with van der Waals surface area (Å²) in [6.07, 6.45) is 3.97. The molecule has 1 aromatic carbocycles. The highest BCUT2D eigenvalue weighted by Gasteiger charge is 2.18. The molecule has 1 aliphatic rings. The topological polar surface area (TPSA) is 94.5 Å². The van der Waals surface area contributed by atoms with Gasteiger partial charge in [0.25, 0.3) is 0 Å². The Kier molecular flexibility index (Phi) is 6.81. The normalized spacial score (nSPS) is 16.7. The minimum Gasteiger partial charge on any atom is -0.387 e. The lowest BCUT2D eigenvalue weighted by Crippen LogP contribution is -2.42. The second-order valence-electron chi connectivity index (χ2n) is 5.98. The molecule has 1 heterocycles. The van der Waals surface area contributed by atoms with Crippen molar-refractivity contribution in [3.05, 3.63) is 40.7 Å². The van der Waals surface area contributed by atoms with Crippen LogP contribution in [0.3, 0.4) is 0 Å². The van der Waals surface area contributed by atoms with Crippen LogP contribution in [0.1, 0.15) is 37.3 Å². The van der Waals surface area contributed by atoms with E-state index in [1.165, 1.54) is 6.07 Å². The summed E-state index contributed by atoms with van der Waals surface area (Å²) >= 11 is 4.95. The molecule has 1 fully saturated rings. The Balaban J connectivity index is 2.01. The zero-order valence-electron chi connectivity index (χ0n) is 14.5. The van der Waals surface area contributed by atoms with Crippen molar-refractivity contribution < 1.29 is 9.18 Å². The highest BCUT2D eigenvalue weighted by molar-refractivity contribution is 7.80. The van der Waals surface area contributed by atoms with Gasteiger partial charge in [0.2, 0.25) is 5.11 Å². The lowest BCUT2D eigenvalue weighted by atomic mass is 10.0. The number of carbonyl (C=O) groups is 1. The van der Waals surface area contributed by atoms with Gasteiger partial charge in [0, 0.05) is 18.7 Å². The van der Waals surface area contributed by atoms with E-state index < -0.39 is 5.82 Å². The van der Waals surface area contributed by atoms with Crippen molar-refractivity contribution >= 4 is 35.3 Å². The van der Waals surface area contributed by atoms with Crippen molar-refractivity contribution in [3.8, 4) is 6.07 Å². The lowest BCUT2D eigenvalue weighted by molar-refractivity contribution is 0.205. The second kappa shape index (κ2) is 9.06. The molecule has 6 nitrogen and oxygen atoms in total. The van der Waals surface area contributed by atoms with Crippen LogP contribution in [0.15, 0.2) is 28.8 Å². The molecule has 0 aliphatic carbocycles. The van der Waals surface area contributed by atoms with Crippen LogP contribution in [0.4, 0.5) is 9.18 Å². The molecule has 1 aromatic rings. The van der Waals surface area contributed by atoms with Gasteiger partial charge in [-0.3, -0.25) is 5.32 Å². The first kappa shape index (κ1) is 19.5. The molecule has 26 heavy (non-hydrogen) atoms. The maximum atomic E-state index is 14.0. The first-order valence-corrected chi connectivity index (χ1v) is 8.59. The van der Waals surface area contributed by atoms with Crippen molar-refractivity contribution in [1.82, 2.24) is 10.2 Å². The Morgan fingerprint density at radius 3 is 2.88 bits per heavy atom. The molecule has 2 amide bonds. The number of thiocarbonyl (C=S) groups is 1. The van der Waals surface area contributed by atoms with Gasteiger partial charge in [-0.25, -0.2) is 14.2 Å². The van der Waals surface area contributed by atoms with Gasteiger partial charge in [-0.1, -0.05) is 17.7 Å². The van der Waals surface area contributed by atoms with E-state index in [4.69, 9.17) is 23.2 Å². The number of halogens is 1. The van der Waals surface area contributed by atoms with Crippen LogP contribution in [0.5, 0.6) is 0 Å². The minimum atomic E-state index is -0.421. The van der Waals surface area contributed by atoms with Gasteiger partial charge in [-0.15, -0.1) is 0 Å². The van der Waals surface area contributed by atoms with Crippen molar-refractivity contribution in [1.29, 1.82) is 5.26 Å². The highest BCUT2D eigenvalue weighted by atomic mass is 32.1. The monoisotopic (exact) mass is 373 g/mol. The summed E-state index contributed by atoms with van der Waals surface area (Å²) in [4.78, 5) is 17.7. The Morgan fingerprint density at radius 2 is 2.23 bits per heavy atom. The van der Waals surface area contributed by atoms with E-state index in [1.54, 1.807) is 30.0 Å². The summed E-state index contributed by atoms with van der Waals surface area (Å²) in [5.74, 6) is -0.142. The molecule has 0 spiro atoms. The van der Waals surface area contributed by atoms with Gasteiger partial charge < -0.3 is 10.6 Å². The number of nitriles is 1. The summed E-state index contributed by atoms with van der Waals surface area (Å²) in [6, 6.07) is 6.02. The van der Waals surface area contributed by atoms with Crippen LogP contribution in [-0.4, -0.2) is 35.0 Å².